The lowest BCUT2D eigenvalue weighted by Gasteiger charge is -2.28. The summed E-state index contributed by atoms with van der Waals surface area (Å²) in [6.07, 6.45) is 0. The van der Waals surface area contributed by atoms with Crippen LogP contribution < -0.4 is 4.90 Å². The van der Waals surface area contributed by atoms with Gasteiger partial charge in [-0.3, -0.25) is 0 Å². The summed E-state index contributed by atoms with van der Waals surface area (Å²) >= 11 is 1.87. The molecule has 0 fully saturated rings. The molecule has 0 spiro atoms. The molecule has 0 aliphatic carbocycles. The maximum absolute atomic E-state index is 2.49. The van der Waals surface area contributed by atoms with Gasteiger partial charge in [-0.15, -0.1) is 11.3 Å². The first-order valence-corrected chi connectivity index (χ1v) is 20.3. The highest BCUT2D eigenvalue weighted by molar-refractivity contribution is 7.25. The maximum Gasteiger partial charge on any atom is 0.0782 e. The Morgan fingerprint density at radius 1 is 0.351 bits per heavy atom. The van der Waals surface area contributed by atoms with E-state index in [1.54, 1.807) is 0 Å². The number of para-hydroxylation sites is 3. The van der Waals surface area contributed by atoms with E-state index in [0.29, 0.717) is 0 Å². The molecule has 0 saturated carbocycles. The quantitative estimate of drug-likeness (QED) is 0.159. The smallest absolute Gasteiger partial charge is 0.0782 e. The molecule has 10 aromatic carbocycles. The van der Waals surface area contributed by atoms with Crippen molar-refractivity contribution in [1.82, 2.24) is 4.57 Å². The van der Waals surface area contributed by atoms with Crippen molar-refractivity contribution in [1.29, 1.82) is 0 Å². The van der Waals surface area contributed by atoms with E-state index in [1.807, 2.05) is 11.3 Å². The van der Waals surface area contributed by atoms with E-state index in [9.17, 15) is 0 Å². The van der Waals surface area contributed by atoms with Gasteiger partial charge >= 0.3 is 0 Å². The molecule has 0 saturated heterocycles. The number of hydrogen-bond donors (Lipinski definition) is 0. The molecular weight excluding hydrogens is 709 g/mol. The average molecular weight is 743 g/mol. The summed E-state index contributed by atoms with van der Waals surface area (Å²) in [5.74, 6) is 0. The summed E-state index contributed by atoms with van der Waals surface area (Å²) in [6.45, 7) is 0. The lowest BCUT2D eigenvalue weighted by molar-refractivity contribution is 1.17. The molecular formula is C54H34N2S. The minimum absolute atomic E-state index is 1.12. The highest BCUT2D eigenvalue weighted by Gasteiger charge is 2.23. The molecule has 2 aromatic heterocycles. The fraction of sp³-hybridized carbons (Fsp3) is 0. The monoisotopic (exact) mass is 742 g/mol. The predicted octanol–water partition coefficient (Wildman–Crippen LogP) is 15.7. The van der Waals surface area contributed by atoms with Gasteiger partial charge in [0.2, 0.25) is 0 Å². The summed E-state index contributed by atoms with van der Waals surface area (Å²) in [6, 6.07) is 75.9. The summed E-state index contributed by atoms with van der Waals surface area (Å²) in [7, 11) is 0. The summed E-state index contributed by atoms with van der Waals surface area (Å²) in [5, 5.41) is 12.6. The van der Waals surface area contributed by atoms with Crippen LogP contribution in [0.15, 0.2) is 206 Å². The molecule has 57 heavy (non-hydrogen) atoms. The third-order valence-electron chi connectivity index (χ3n) is 11.7. The Labute approximate surface area is 333 Å². The van der Waals surface area contributed by atoms with Crippen molar-refractivity contribution < 1.29 is 0 Å². The summed E-state index contributed by atoms with van der Waals surface area (Å²) in [5.41, 5.74) is 9.36. The maximum atomic E-state index is 2.49. The van der Waals surface area contributed by atoms with Crippen LogP contribution in [0.25, 0.3) is 91.1 Å². The number of aromatic nitrogens is 1. The Bertz CT molecular complexity index is 3520. The van der Waals surface area contributed by atoms with Gasteiger partial charge in [-0.1, -0.05) is 146 Å². The number of thiophene rings is 1. The number of rotatable bonds is 5. The molecule has 0 bridgehead atoms. The Morgan fingerprint density at radius 3 is 1.82 bits per heavy atom. The zero-order valence-corrected chi connectivity index (χ0v) is 31.7. The highest BCUT2D eigenvalue weighted by atomic mass is 32.1. The summed E-state index contributed by atoms with van der Waals surface area (Å²) < 4.78 is 5.02. The molecule has 0 aliphatic rings. The molecule has 12 aromatic rings. The molecule has 2 nitrogen and oxygen atoms in total. The SMILES string of the molecule is c1ccc(-c2ccc3c(c2)sc2ccc(N(c4ccc5ccc6c7ccccc7ccc6c5c4)c4cccc5c6ccccc6n(-c6ccccc6)c45)cc23)cc1. The van der Waals surface area contributed by atoms with Crippen molar-refractivity contribution in [3.63, 3.8) is 0 Å². The molecule has 266 valence electrons. The fourth-order valence-electron chi connectivity index (χ4n) is 9.11. The van der Waals surface area contributed by atoms with Crippen molar-refractivity contribution in [3.05, 3.63) is 206 Å². The summed E-state index contributed by atoms with van der Waals surface area (Å²) in [4.78, 5) is 2.49. The van der Waals surface area contributed by atoms with Gasteiger partial charge in [-0.2, -0.15) is 0 Å². The lowest BCUT2D eigenvalue weighted by atomic mass is 9.96. The van der Waals surface area contributed by atoms with Crippen LogP contribution in [0.2, 0.25) is 0 Å². The Balaban J connectivity index is 1.15. The first-order chi connectivity index (χ1) is 28.3. The van der Waals surface area contributed by atoms with Crippen molar-refractivity contribution in [3.8, 4) is 16.8 Å². The number of benzene rings is 10. The molecule has 0 atom stereocenters. The van der Waals surface area contributed by atoms with E-state index >= 15 is 0 Å². The van der Waals surface area contributed by atoms with Crippen LogP contribution in [-0.2, 0) is 0 Å². The highest BCUT2D eigenvalue weighted by Crippen LogP contribution is 2.46. The number of fused-ring (bicyclic) bond motifs is 11. The van der Waals surface area contributed by atoms with E-state index in [-0.39, 0.29) is 0 Å². The fourth-order valence-corrected chi connectivity index (χ4v) is 10.2. The Hall–Kier alpha value is -7.20. The van der Waals surface area contributed by atoms with Crippen LogP contribution in [0.4, 0.5) is 17.1 Å². The third kappa shape index (κ3) is 5.03. The minimum atomic E-state index is 1.12. The molecule has 0 unspecified atom stereocenters. The zero-order chi connectivity index (χ0) is 37.5. The van der Waals surface area contributed by atoms with E-state index in [1.165, 1.54) is 85.4 Å². The van der Waals surface area contributed by atoms with Crippen LogP contribution in [0.1, 0.15) is 0 Å². The van der Waals surface area contributed by atoms with Gasteiger partial charge in [0, 0.05) is 48.0 Å². The minimum Gasteiger partial charge on any atom is -0.308 e. The average Bonchev–Trinajstić information content (AvgIpc) is 3.82. The van der Waals surface area contributed by atoms with Gasteiger partial charge in [0.15, 0.2) is 0 Å². The van der Waals surface area contributed by atoms with Gasteiger partial charge in [0.1, 0.15) is 0 Å². The predicted molar refractivity (Wildman–Crippen MR) is 246 cm³/mol. The van der Waals surface area contributed by atoms with Crippen LogP contribution in [0.5, 0.6) is 0 Å². The van der Waals surface area contributed by atoms with Crippen LogP contribution in [0, 0.1) is 0 Å². The van der Waals surface area contributed by atoms with Crippen LogP contribution >= 0.6 is 11.3 Å². The molecule has 0 radical (unpaired) electrons. The van der Waals surface area contributed by atoms with Gasteiger partial charge < -0.3 is 9.47 Å². The van der Waals surface area contributed by atoms with Gasteiger partial charge in [-0.25, -0.2) is 0 Å². The standard InChI is InChI=1S/C54H34N2S/c1-3-12-35(13-4-1)38-25-30-46-49-34-41(27-31-52(49)57-53(46)32-38)55(40-26-22-37-24-28-43-42-17-8-7-14-36(42)23-29-44(43)48(37)33-40)51-21-11-19-47-45-18-9-10-20-50(45)56(54(47)51)39-15-5-2-6-16-39/h1-34H. The van der Waals surface area contributed by atoms with Gasteiger partial charge in [0.25, 0.3) is 0 Å². The molecule has 12 rings (SSSR count). The number of hydrogen-bond acceptors (Lipinski definition) is 2. The molecule has 2 heterocycles. The first kappa shape index (κ1) is 32.1. The molecule has 0 aliphatic heterocycles. The Kier molecular flexibility index (Phi) is 7.13. The second kappa shape index (κ2) is 12.7. The molecule has 3 heteroatoms. The zero-order valence-electron chi connectivity index (χ0n) is 30.9. The van der Waals surface area contributed by atoms with Gasteiger partial charge in [0.05, 0.1) is 16.7 Å². The van der Waals surface area contributed by atoms with Crippen LogP contribution in [0.3, 0.4) is 0 Å². The van der Waals surface area contributed by atoms with Crippen molar-refractivity contribution >= 4 is 103 Å². The van der Waals surface area contributed by atoms with E-state index in [0.717, 1.165) is 22.7 Å². The second-order valence-electron chi connectivity index (χ2n) is 14.9. The molecule has 0 N–H and O–H groups in total. The molecule has 0 amide bonds. The van der Waals surface area contributed by atoms with Crippen molar-refractivity contribution in [2.24, 2.45) is 0 Å². The van der Waals surface area contributed by atoms with Crippen LogP contribution in [-0.4, -0.2) is 4.57 Å². The number of nitrogens with zero attached hydrogens (tertiary/aromatic N) is 2. The van der Waals surface area contributed by atoms with E-state index in [4.69, 9.17) is 0 Å². The normalized spacial score (nSPS) is 11.9. The van der Waals surface area contributed by atoms with Gasteiger partial charge in [-0.05, 0) is 104 Å². The second-order valence-corrected chi connectivity index (χ2v) is 16.0. The van der Waals surface area contributed by atoms with E-state index < -0.39 is 0 Å². The number of anilines is 3. The van der Waals surface area contributed by atoms with E-state index in [2.05, 4.69) is 216 Å². The topological polar surface area (TPSA) is 8.17 Å². The first-order valence-electron chi connectivity index (χ1n) is 19.5. The van der Waals surface area contributed by atoms with Crippen molar-refractivity contribution in [2.75, 3.05) is 4.90 Å². The largest absolute Gasteiger partial charge is 0.308 e. The lowest BCUT2D eigenvalue weighted by Crippen LogP contribution is -2.11. The Morgan fingerprint density at radius 2 is 0.982 bits per heavy atom. The third-order valence-corrected chi connectivity index (χ3v) is 12.9. The van der Waals surface area contributed by atoms with Crippen molar-refractivity contribution in [2.45, 2.75) is 0 Å².